The average Bonchev–Trinajstić information content (AvgIpc) is 2.78. The van der Waals surface area contributed by atoms with Crippen LogP contribution in [0.15, 0.2) is 18.2 Å². The van der Waals surface area contributed by atoms with Crippen LogP contribution in [0.2, 0.25) is 0 Å². The number of nitrogens with zero attached hydrogens (tertiary/aromatic N) is 2. The Bertz CT molecular complexity index is 734. The Morgan fingerprint density at radius 1 is 1.06 bits per heavy atom. The van der Waals surface area contributed by atoms with E-state index in [1.165, 1.54) is 49.8 Å². The highest BCUT2D eigenvalue weighted by Gasteiger charge is 2.34. The van der Waals surface area contributed by atoms with E-state index in [0.717, 1.165) is 18.8 Å². The van der Waals surface area contributed by atoms with Gasteiger partial charge in [0, 0.05) is 37.9 Å². The second-order valence-corrected chi connectivity index (χ2v) is 10.4. The highest BCUT2D eigenvalue weighted by atomic mass is 16.6. The largest absolute Gasteiger partial charge is 0.497 e. The van der Waals surface area contributed by atoms with Gasteiger partial charge in [-0.1, -0.05) is 32.8 Å². The van der Waals surface area contributed by atoms with Gasteiger partial charge in [-0.15, -0.1) is 0 Å². The van der Waals surface area contributed by atoms with E-state index in [2.05, 4.69) is 36.9 Å². The number of anilines is 1. The van der Waals surface area contributed by atoms with Gasteiger partial charge < -0.3 is 19.3 Å². The summed E-state index contributed by atoms with van der Waals surface area (Å²) in [6, 6.07) is 6.58. The van der Waals surface area contributed by atoms with Gasteiger partial charge in [-0.25, -0.2) is 4.79 Å². The van der Waals surface area contributed by atoms with Crippen molar-refractivity contribution in [2.45, 2.75) is 84.7 Å². The number of ether oxygens (including phenoxy) is 2. The van der Waals surface area contributed by atoms with Gasteiger partial charge in [0.15, 0.2) is 0 Å². The summed E-state index contributed by atoms with van der Waals surface area (Å²) in [4.78, 5) is 16.7. The predicted octanol–water partition coefficient (Wildman–Crippen LogP) is 6.22. The minimum atomic E-state index is -0.457. The molecule has 1 saturated heterocycles. The van der Waals surface area contributed by atoms with Crippen molar-refractivity contribution in [2.24, 2.45) is 5.41 Å². The standard InChI is InChI=1S/C26H42N2O3/c1-7-26(8-2)13-11-20(12-14-26)22-10-9-21(30-6)19-23(22)27-15-17-28(18-16-27)24(29)31-25(3,4)5/h9-10,19-20H,7-8,11-18H2,1-6H3. The van der Waals surface area contributed by atoms with Crippen molar-refractivity contribution in [1.82, 2.24) is 4.90 Å². The second kappa shape index (κ2) is 9.70. The molecule has 1 amide bonds. The highest BCUT2D eigenvalue weighted by Crippen LogP contribution is 2.49. The van der Waals surface area contributed by atoms with Gasteiger partial charge in [0.2, 0.25) is 0 Å². The Morgan fingerprint density at radius 3 is 2.19 bits per heavy atom. The van der Waals surface area contributed by atoms with Crippen LogP contribution in [-0.4, -0.2) is 49.9 Å². The number of benzene rings is 1. The molecule has 0 N–H and O–H groups in total. The minimum absolute atomic E-state index is 0.208. The van der Waals surface area contributed by atoms with E-state index in [0.29, 0.717) is 24.4 Å². The molecule has 2 aliphatic rings. The van der Waals surface area contributed by atoms with E-state index >= 15 is 0 Å². The molecule has 5 heteroatoms. The zero-order valence-electron chi connectivity index (χ0n) is 20.5. The molecule has 0 spiro atoms. The predicted molar refractivity (Wildman–Crippen MR) is 127 cm³/mol. The van der Waals surface area contributed by atoms with Crippen molar-refractivity contribution >= 4 is 11.8 Å². The molecule has 0 bridgehead atoms. The smallest absolute Gasteiger partial charge is 0.410 e. The van der Waals surface area contributed by atoms with Crippen molar-refractivity contribution in [3.8, 4) is 5.75 Å². The van der Waals surface area contributed by atoms with Gasteiger partial charge in [0.25, 0.3) is 0 Å². The van der Waals surface area contributed by atoms with Crippen molar-refractivity contribution < 1.29 is 14.3 Å². The highest BCUT2D eigenvalue weighted by molar-refractivity contribution is 5.69. The number of amides is 1. The Labute approximate surface area is 189 Å². The summed E-state index contributed by atoms with van der Waals surface area (Å²) in [7, 11) is 1.73. The Balaban J connectivity index is 1.72. The zero-order valence-corrected chi connectivity index (χ0v) is 20.5. The molecule has 0 radical (unpaired) electrons. The van der Waals surface area contributed by atoms with Crippen LogP contribution >= 0.6 is 0 Å². The van der Waals surface area contributed by atoms with Crippen molar-refractivity contribution in [3.05, 3.63) is 23.8 Å². The molecule has 2 fully saturated rings. The third-order valence-electron chi connectivity index (χ3n) is 7.50. The summed E-state index contributed by atoms with van der Waals surface area (Å²) >= 11 is 0. The van der Waals surface area contributed by atoms with Crippen LogP contribution in [0.25, 0.3) is 0 Å². The van der Waals surface area contributed by atoms with Gasteiger partial charge in [0.1, 0.15) is 11.4 Å². The van der Waals surface area contributed by atoms with Crippen LogP contribution in [0.1, 0.15) is 84.6 Å². The first kappa shape index (κ1) is 23.7. The molecule has 0 atom stereocenters. The maximum absolute atomic E-state index is 12.5. The molecule has 1 aromatic carbocycles. The number of piperazine rings is 1. The minimum Gasteiger partial charge on any atom is -0.497 e. The van der Waals surface area contributed by atoms with Crippen LogP contribution in [0.5, 0.6) is 5.75 Å². The van der Waals surface area contributed by atoms with Gasteiger partial charge in [-0.3, -0.25) is 0 Å². The quantitative estimate of drug-likeness (QED) is 0.556. The molecule has 5 nitrogen and oxygen atoms in total. The number of methoxy groups -OCH3 is 1. The monoisotopic (exact) mass is 430 g/mol. The number of carbonyl (C=O) groups excluding carboxylic acids is 1. The number of carbonyl (C=O) groups is 1. The summed E-state index contributed by atoms with van der Waals surface area (Å²) < 4.78 is 11.1. The molecule has 3 rings (SSSR count). The molecule has 1 aliphatic carbocycles. The Hall–Kier alpha value is -1.91. The van der Waals surface area contributed by atoms with Gasteiger partial charge >= 0.3 is 6.09 Å². The summed E-state index contributed by atoms with van der Waals surface area (Å²) in [5.74, 6) is 1.51. The first-order valence-corrected chi connectivity index (χ1v) is 12.1. The molecule has 1 aliphatic heterocycles. The number of rotatable bonds is 5. The fraction of sp³-hybridized carbons (Fsp3) is 0.731. The van der Waals surface area contributed by atoms with E-state index in [1.54, 1.807) is 7.11 Å². The lowest BCUT2D eigenvalue weighted by Gasteiger charge is -2.41. The van der Waals surface area contributed by atoms with Crippen molar-refractivity contribution in [1.29, 1.82) is 0 Å². The van der Waals surface area contributed by atoms with Gasteiger partial charge in [-0.05, 0) is 69.4 Å². The Kier molecular flexibility index (Phi) is 7.43. The lowest BCUT2D eigenvalue weighted by atomic mass is 9.66. The first-order valence-electron chi connectivity index (χ1n) is 12.1. The SMILES string of the molecule is CCC1(CC)CCC(c2ccc(OC)cc2N2CCN(C(=O)OC(C)(C)C)CC2)CC1. The van der Waals surface area contributed by atoms with Crippen LogP contribution in [0, 0.1) is 5.41 Å². The summed E-state index contributed by atoms with van der Waals surface area (Å²) in [6.45, 7) is 13.5. The third-order valence-corrected chi connectivity index (χ3v) is 7.50. The summed E-state index contributed by atoms with van der Waals surface area (Å²) in [6.07, 6.45) is 7.54. The van der Waals surface area contributed by atoms with E-state index in [-0.39, 0.29) is 6.09 Å². The normalized spacial score (nSPS) is 19.9. The fourth-order valence-electron chi connectivity index (χ4n) is 5.22. The molecule has 174 valence electrons. The number of hydrogen-bond acceptors (Lipinski definition) is 4. The summed E-state index contributed by atoms with van der Waals surface area (Å²) in [5.41, 5.74) is 2.82. The molecule has 1 aromatic rings. The molecule has 1 saturated carbocycles. The van der Waals surface area contributed by atoms with Crippen LogP contribution in [0.4, 0.5) is 10.5 Å². The molecule has 0 unspecified atom stereocenters. The molecule has 31 heavy (non-hydrogen) atoms. The lowest BCUT2D eigenvalue weighted by molar-refractivity contribution is 0.0240. The van der Waals surface area contributed by atoms with Crippen LogP contribution in [-0.2, 0) is 4.74 Å². The number of hydrogen-bond donors (Lipinski definition) is 0. The zero-order chi connectivity index (χ0) is 22.6. The average molecular weight is 431 g/mol. The van der Waals surface area contributed by atoms with Crippen LogP contribution in [0.3, 0.4) is 0 Å². The first-order chi connectivity index (χ1) is 14.7. The Morgan fingerprint density at radius 2 is 1.68 bits per heavy atom. The molecular weight excluding hydrogens is 388 g/mol. The van der Waals surface area contributed by atoms with Crippen LogP contribution < -0.4 is 9.64 Å². The lowest BCUT2D eigenvalue weighted by Crippen LogP contribution is -2.50. The topological polar surface area (TPSA) is 42.0 Å². The van der Waals surface area contributed by atoms with Crippen molar-refractivity contribution in [3.63, 3.8) is 0 Å². The second-order valence-electron chi connectivity index (χ2n) is 10.4. The maximum Gasteiger partial charge on any atom is 0.410 e. The van der Waals surface area contributed by atoms with E-state index in [4.69, 9.17) is 9.47 Å². The fourth-order valence-corrected chi connectivity index (χ4v) is 5.22. The van der Waals surface area contributed by atoms with E-state index in [9.17, 15) is 4.79 Å². The maximum atomic E-state index is 12.5. The van der Waals surface area contributed by atoms with E-state index < -0.39 is 5.60 Å². The molecular formula is C26H42N2O3. The summed E-state index contributed by atoms with van der Waals surface area (Å²) in [5, 5.41) is 0. The molecule has 0 aromatic heterocycles. The van der Waals surface area contributed by atoms with E-state index in [1.807, 2.05) is 25.7 Å². The third kappa shape index (κ3) is 5.67. The molecule has 1 heterocycles. The van der Waals surface area contributed by atoms with Crippen molar-refractivity contribution in [2.75, 3.05) is 38.2 Å². The van der Waals surface area contributed by atoms with Gasteiger partial charge in [0.05, 0.1) is 7.11 Å². The van der Waals surface area contributed by atoms with Gasteiger partial charge in [-0.2, -0.15) is 0 Å².